The Bertz CT molecular complexity index is 1020. The third kappa shape index (κ3) is 4.26. The van der Waals surface area contributed by atoms with E-state index in [4.69, 9.17) is 10.5 Å². The van der Waals surface area contributed by atoms with Crippen molar-refractivity contribution in [1.29, 1.82) is 0 Å². The molecule has 0 atom stereocenters. The molecule has 0 aliphatic heterocycles. The molecule has 3 rings (SSSR count). The molecule has 3 aromatic rings. The molecule has 1 heterocycles. The van der Waals surface area contributed by atoms with Crippen LogP contribution in [0.3, 0.4) is 0 Å². The van der Waals surface area contributed by atoms with Crippen molar-refractivity contribution in [2.45, 2.75) is 26.4 Å². The molecular formula is C22H22N2O3. The van der Waals surface area contributed by atoms with E-state index in [0.717, 1.165) is 27.7 Å². The Balaban J connectivity index is 2.07. The molecule has 2 N–H and O–H groups in total. The number of carbonyl (C=O) groups is 2. The van der Waals surface area contributed by atoms with Gasteiger partial charge >= 0.3 is 6.09 Å². The van der Waals surface area contributed by atoms with E-state index in [-0.39, 0.29) is 0 Å². The summed E-state index contributed by atoms with van der Waals surface area (Å²) in [5.74, 6) is -0.496. The van der Waals surface area contributed by atoms with Crippen LogP contribution < -0.4 is 5.73 Å². The number of hydrogen-bond donors (Lipinski definition) is 1. The number of nitrogens with two attached hydrogens (primary N) is 1. The lowest BCUT2D eigenvalue weighted by molar-refractivity contribution is -0.113. The third-order valence-corrected chi connectivity index (χ3v) is 3.93. The fourth-order valence-corrected chi connectivity index (χ4v) is 2.81. The lowest BCUT2D eigenvalue weighted by Crippen LogP contribution is -2.27. The molecule has 5 nitrogen and oxygen atoms in total. The van der Waals surface area contributed by atoms with Gasteiger partial charge in [-0.2, -0.15) is 0 Å². The molecule has 27 heavy (non-hydrogen) atoms. The Kier molecular flexibility index (Phi) is 4.86. The van der Waals surface area contributed by atoms with Crippen molar-refractivity contribution in [2.75, 3.05) is 0 Å². The average Bonchev–Trinajstić information content (AvgIpc) is 2.98. The van der Waals surface area contributed by atoms with Crippen molar-refractivity contribution in [3.05, 3.63) is 66.2 Å². The highest BCUT2D eigenvalue weighted by Crippen LogP contribution is 2.29. The molecule has 0 aliphatic rings. The minimum atomic E-state index is -0.594. The summed E-state index contributed by atoms with van der Waals surface area (Å²) in [5.41, 5.74) is 7.78. The molecule has 138 valence electrons. The van der Waals surface area contributed by atoms with Crippen molar-refractivity contribution in [1.82, 2.24) is 4.57 Å². The van der Waals surface area contributed by atoms with Crippen molar-refractivity contribution < 1.29 is 14.3 Å². The fraction of sp³-hybridized carbons (Fsp3) is 0.182. The maximum absolute atomic E-state index is 12.9. The van der Waals surface area contributed by atoms with Gasteiger partial charge < -0.3 is 10.5 Å². The highest BCUT2D eigenvalue weighted by molar-refractivity contribution is 5.96. The predicted octanol–water partition coefficient (Wildman–Crippen LogP) is 4.59. The van der Waals surface area contributed by atoms with E-state index in [1.54, 1.807) is 10.6 Å². The van der Waals surface area contributed by atoms with Crippen LogP contribution in [-0.2, 0) is 9.53 Å². The summed E-state index contributed by atoms with van der Waals surface area (Å²) >= 11 is 0. The second kappa shape index (κ2) is 7.11. The summed E-state index contributed by atoms with van der Waals surface area (Å²) in [6, 6.07) is 17.2. The number of rotatable bonds is 3. The van der Waals surface area contributed by atoms with Crippen molar-refractivity contribution in [2.24, 2.45) is 5.73 Å². The Morgan fingerprint density at radius 3 is 2.33 bits per heavy atom. The van der Waals surface area contributed by atoms with E-state index in [2.05, 4.69) is 0 Å². The van der Waals surface area contributed by atoms with Crippen LogP contribution in [-0.4, -0.2) is 22.2 Å². The number of fused-ring (bicyclic) bond motifs is 1. The highest BCUT2D eigenvalue weighted by atomic mass is 16.6. The molecule has 2 aromatic carbocycles. The normalized spacial score (nSPS) is 11.8. The molecule has 0 spiro atoms. The zero-order valence-corrected chi connectivity index (χ0v) is 15.6. The second-order valence-corrected chi connectivity index (χ2v) is 7.26. The van der Waals surface area contributed by atoms with E-state index >= 15 is 0 Å². The summed E-state index contributed by atoms with van der Waals surface area (Å²) in [7, 11) is 0. The van der Waals surface area contributed by atoms with E-state index in [1.165, 1.54) is 6.08 Å². The van der Waals surface area contributed by atoms with Crippen LogP contribution >= 0.6 is 0 Å². The van der Waals surface area contributed by atoms with Crippen LogP contribution in [0.4, 0.5) is 4.79 Å². The Morgan fingerprint density at radius 2 is 1.70 bits per heavy atom. The van der Waals surface area contributed by atoms with Gasteiger partial charge in [-0.3, -0.25) is 4.79 Å². The standard InChI is InChI=1S/C22H22N2O3/c1-22(2,3)27-21(26)24-18-7-5-4-6-17(18)14-19(24)16-11-8-15(9-12-16)10-13-20(23)25/h4-14H,1-3H3,(H2,23,25)/b13-10+. The SMILES string of the molecule is CC(C)(C)OC(=O)n1c(-c2ccc(/C=C/C(N)=O)cc2)cc2ccccc21. The van der Waals surface area contributed by atoms with Crippen LogP contribution in [0.5, 0.6) is 0 Å². The molecule has 0 fully saturated rings. The highest BCUT2D eigenvalue weighted by Gasteiger charge is 2.22. The van der Waals surface area contributed by atoms with Crippen LogP contribution in [0, 0.1) is 0 Å². The van der Waals surface area contributed by atoms with Crippen LogP contribution in [0.2, 0.25) is 0 Å². The van der Waals surface area contributed by atoms with Crippen molar-refractivity contribution in [3.63, 3.8) is 0 Å². The van der Waals surface area contributed by atoms with Gasteiger partial charge in [0.1, 0.15) is 5.60 Å². The maximum Gasteiger partial charge on any atom is 0.419 e. The number of hydrogen-bond acceptors (Lipinski definition) is 3. The number of ether oxygens (including phenoxy) is 1. The molecule has 0 saturated carbocycles. The average molecular weight is 362 g/mol. The first kappa shape index (κ1) is 18.5. The number of amides is 1. The maximum atomic E-state index is 12.9. The molecule has 5 heteroatoms. The van der Waals surface area contributed by atoms with Gasteiger partial charge in [0.15, 0.2) is 0 Å². The summed E-state index contributed by atoms with van der Waals surface area (Å²) in [4.78, 5) is 23.7. The number of carbonyl (C=O) groups excluding carboxylic acids is 2. The molecular weight excluding hydrogens is 340 g/mol. The van der Waals surface area contributed by atoms with Crippen LogP contribution in [0.25, 0.3) is 28.2 Å². The topological polar surface area (TPSA) is 74.3 Å². The van der Waals surface area contributed by atoms with Gasteiger partial charge in [-0.05, 0) is 50.1 Å². The van der Waals surface area contributed by atoms with Gasteiger partial charge in [0.05, 0.1) is 11.2 Å². The lowest BCUT2D eigenvalue weighted by atomic mass is 10.1. The minimum absolute atomic E-state index is 0.420. The molecule has 0 unspecified atom stereocenters. The number of aromatic nitrogens is 1. The largest absolute Gasteiger partial charge is 0.443 e. The van der Waals surface area contributed by atoms with Gasteiger partial charge in [0.2, 0.25) is 5.91 Å². The second-order valence-electron chi connectivity index (χ2n) is 7.26. The van der Waals surface area contributed by atoms with Crippen molar-refractivity contribution in [3.8, 4) is 11.3 Å². The molecule has 0 bridgehead atoms. The zero-order chi connectivity index (χ0) is 19.6. The van der Waals surface area contributed by atoms with Gasteiger partial charge in [-0.1, -0.05) is 42.5 Å². The Labute approximate surface area is 158 Å². The number of primary amides is 1. The Morgan fingerprint density at radius 1 is 1.04 bits per heavy atom. The minimum Gasteiger partial charge on any atom is -0.443 e. The Hall–Kier alpha value is -3.34. The van der Waals surface area contributed by atoms with E-state index in [1.807, 2.05) is 75.4 Å². The number of nitrogens with zero attached hydrogens (tertiary/aromatic N) is 1. The molecule has 0 radical (unpaired) electrons. The quantitative estimate of drug-likeness (QED) is 0.693. The summed E-state index contributed by atoms with van der Waals surface area (Å²) in [6.07, 6.45) is 2.54. The predicted molar refractivity (Wildman–Crippen MR) is 107 cm³/mol. The molecule has 1 aromatic heterocycles. The van der Waals surface area contributed by atoms with E-state index in [0.29, 0.717) is 0 Å². The summed E-state index contributed by atoms with van der Waals surface area (Å²) in [6.45, 7) is 5.53. The van der Waals surface area contributed by atoms with Gasteiger partial charge in [0.25, 0.3) is 0 Å². The lowest BCUT2D eigenvalue weighted by Gasteiger charge is -2.21. The van der Waals surface area contributed by atoms with Crippen molar-refractivity contribution >= 4 is 29.0 Å². The first-order valence-corrected chi connectivity index (χ1v) is 8.66. The summed E-state index contributed by atoms with van der Waals surface area (Å²) < 4.78 is 7.19. The van der Waals surface area contributed by atoms with Gasteiger partial charge in [0, 0.05) is 11.5 Å². The fourth-order valence-electron chi connectivity index (χ4n) is 2.81. The summed E-state index contributed by atoms with van der Waals surface area (Å²) in [5, 5.41) is 0.955. The van der Waals surface area contributed by atoms with E-state index in [9.17, 15) is 9.59 Å². The third-order valence-electron chi connectivity index (χ3n) is 3.93. The molecule has 0 saturated heterocycles. The number of para-hydroxylation sites is 1. The smallest absolute Gasteiger partial charge is 0.419 e. The first-order valence-electron chi connectivity index (χ1n) is 8.66. The first-order chi connectivity index (χ1) is 12.7. The van der Waals surface area contributed by atoms with Crippen LogP contribution in [0.1, 0.15) is 26.3 Å². The van der Waals surface area contributed by atoms with E-state index < -0.39 is 17.6 Å². The monoisotopic (exact) mass is 362 g/mol. The van der Waals surface area contributed by atoms with Crippen LogP contribution in [0.15, 0.2) is 60.7 Å². The molecule has 1 amide bonds. The van der Waals surface area contributed by atoms with Gasteiger partial charge in [-0.15, -0.1) is 0 Å². The zero-order valence-electron chi connectivity index (χ0n) is 15.6. The number of benzene rings is 2. The van der Waals surface area contributed by atoms with Gasteiger partial charge in [-0.25, -0.2) is 9.36 Å². The molecule has 0 aliphatic carbocycles.